The first-order valence-electron chi connectivity index (χ1n) is 6.67. The minimum absolute atomic E-state index is 0.186. The van der Waals surface area contributed by atoms with Gasteiger partial charge in [-0.05, 0) is 37.1 Å². The van der Waals surface area contributed by atoms with E-state index < -0.39 is 14.9 Å². The van der Waals surface area contributed by atoms with Gasteiger partial charge in [0.15, 0.2) is 0 Å². The average Bonchev–Trinajstić information content (AvgIpc) is 2.49. The second-order valence-corrected chi connectivity index (χ2v) is 6.70. The van der Waals surface area contributed by atoms with E-state index in [-0.39, 0.29) is 10.6 Å². The number of non-ortho nitro benzene ring substituents is 1. The Bertz CT molecular complexity index is 862. The molecule has 0 aliphatic carbocycles. The number of sulfonamides is 1. The van der Waals surface area contributed by atoms with Crippen LogP contribution in [0.3, 0.4) is 0 Å². The van der Waals surface area contributed by atoms with Crippen molar-refractivity contribution >= 4 is 21.4 Å². The minimum Gasteiger partial charge on any atom is -0.495 e. The van der Waals surface area contributed by atoms with Crippen LogP contribution in [-0.4, -0.2) is 20.5 Å². The van der Waals surface area contributed by atoms with Crippen molar-refractivity contribution in [3.63, 3.8) is 0 Å². The van der Waals surface area contributed by atoms with Gasteiger partial charge in [-0.15, -0.1) is 0 Å². The number of aryl methyl sites for hydroxylation is 2. The lowest BCUT2D eigenvalue weighted by Crippen LogP contribution is -2.15. The Balaban J connectivity index is 2.47. The van der Waals surface area contributed by atoms with Crippen LogP contribution in [0.15, 0.2) is 41.3 Å². The molecule has 0 radical (unpaired) electrons. The highest BCUT2D eigenvalue weighted by molar-refractivity contribution is 7.92. The van der Waals surface area contributed by atoms with Gasteiger partial charge in [0, 0.05) is 12.1 Å². The second kappa shape index (κ2) is 6.25. The van der Waals surface area contributed by atoms with Gasteiger partial charge in [-0.1, -0.05) is 12.1 Å². The number of nitrogens with one attached hydrogen (secondary N) is 1. The van der Waals surface area contributed by atoms with E-state index in [1.165, 1.54) is 25.3 Å². The molecule has 23 heavy (non-hydrogen) atoms. The highest BCUT2D eigenvalue weighted by Gasteiger charge is 2.20. The fourth-order valence-corrected chi connectivity index (χ4v) is 3.36. The van der Waals surface area contributed by atoms with Crippen LogP contribution in [0.2, 0.25) is 0 Å². The molecule has 2 aromatic carbocycles. The number of nitro groups is 1. The normalized spacial score (nSPS) is 11.1. The van der Waals surface area contributed by atoms with Crippen LogP contribution in [0.1, 0.15) is 11.1 Å². The Morgan fingerprint density at radius 1 is 1.17 bits per heavy atom. The minimum atomic E-state index is -3.97. The van der Waals surface area contributed by atoms with Crippen LogP contribution in [0, 0.1) is 24.0 Å². The summed E-state index contributed by atoms with van der Waals surface area (Å²) in [6.45, 7) is 3.62. The monoisotopic (exact) mass is 336 g/mol. The number of nitrogens with zero attached hydrogens (tertiary/aromatic N) is 1. The van der Waals surface area contributed by atoms with E-state index in [1.807, 2.05) is 13.0 Å². The molecule has 1 N–H and O–H groups in total. The Morgan fingerprint density at radius 3 is 2.48 bits per heavy atom. The Hall–Kier alpha value is -2.61. The average molecular weight is 336 g/mol. The van der Waals surface area contributed by atoms with Crippen LogP contribution < -0.4 is 9.46 Å². The van der Waals surface area contributed by atoms with E-state index >= 15 is 0 Å². The summed E-state index contributed by atoms with van der Waals surface area (Å²) in [4.78, 5) is 9.97. The molecule has 0 unspecified atom stereocenters. The standard InChI is InChI=1S/C15H16N2O5S/c1-10-7-11(2)15(14(8-10)22-3)16-23(20,21)13-6-4-5-12(9-13)17(18)19/h4-9,16H,1-3H3. The molecule has 0 heterocycles. The van der Waals surface area contributed by atoms with Crippen molar-refractivity contribution in [2.45, 2.75) is 18.7 Å². The van der Waals surface area contributed by atoms with Crippen molar-refractivity contribution in [3.05, 3.63) is 57.6 Å². The largest absolute Gasteiger partial charge is 0.495 e. The summed E-state index contributed by atoms with van der Waals surface area (Å²) in [6.07, 6.45) is 0. The SMILES string of the molecule is COc1cc(C)cc(C)c1NS(=O)(=O)c1cccc([N+](=O)[O-])c1. The molecule has 2 aromatic rings. The maximum atomic E-state index is 12.5. The van der Waals surface area contributed by atoms with Gasteiger partial charge in [-0.3, -0.25) is 14.8 Å². The quantitative estimate of drug-likeness (QED) is 0.668. The Kier molecular flexibility index (Phi) is 4.55. The molecule has 0 fully saturated rings. The summed E-state index contributed by atoms with van der Waals surface area (Å²) < 4.78 is 32.6. The lowest BCUT2D eigenvalue weighted by atomic mass is 10.1. The van der Waals surface area contributed by atoms with Gasteiger partial charge in [-0.25, -0.2) is 8.42 Å². The lowest BCUT2D eigenvalue weighted by molar-refractivity contribution is -0.385. The summed E-state index contributed by atoms with van der Waals surface area (Å²) in [5.41, 5.74) is 1.64. The summed E-state index contributed by atoms with van der Waals surface area (Å²) in [6, 6.07) is 8.39. The van der Waals surface area contributed by atoms with Crippen LogP contribution in [-0.2, 0) is 10.0 Å². The second-order valence-electron chi connectivity index (χ2n) is 5.02. The fourth-order valence-electron chi connectivity index (χ4n) is 2.18. The highest BCUT2D eigenvalue weighted by atomic mass is 32.2. The van der Waals surface area contributed by atoms with Crippen LogP contribution >= 0.6 is 0 Å². The molecule has 0 amide bonds. The number of ether oxygens (including phenoxy) is 1. The molecule has 0 aliphatic rings. The third-order valence-corrected chi connectivity index (χ3v) is 4.59. The van der Waals surface area contributed by atoms with Crippen LogP contribution in [0.4, 0.5) is 11.4 Å². The van der Waals surface area contributed by atoms with Crippen molar-refractivity contribution in [2.75, 3.05) is 11.8 Å². The summed E-state index contributed by atoms with van der Waals surface area (Å²) in [5.74, 6) is 0.386. The third kappa shape index (κ3) is 3.59. The van der Waals surface area contributed by atoms with Gasteiger partial charge in [0.2, 0.25) is 0 Å². The zero-order valence-electron chi connectivity index (χ0n) is 12.9. The number of hydrogen-bond donors (Lipinski definition) is 1. The third-order valence-electron chi connectivity index (χ3n) is 3.24. The smallest absolute Gasteiger partial charge is 0.270 e. The number of methoxy groups -OCH3 is 1. The van der Waals surface area contributed by atoms with Gasteiger partial charge in [0.05, 0.1) is 22.6 Å². The van der Waals surface area contributed by atoms with Crippen LogP contribution in [0.25, 0.3) is 0 Å². The maximum absolute atomic E-state index is 12.5. The Labute approximate surface area is 134 Å². The first kappa shape index (κ1) is 16.8. The zero-order chi connectivity index (χ0) is 17.2. The molecule has 2 rings (SSSR count). The van der Waals surface area contributed by atoms with Crippen molar-refractivity contribution in [2.24, 2.45) is 0 Å². The molecule has 122 valence electrons. The first-order valence-corrected chi connectivity index (χ1v) is 8.15. The van der Waals surface area contributed by atoms with E-state index in [1.54, 1.807) is 13.0 Å². The van der Waals surface area contributed by atoms with E-state index in [4.69, 9.17) is 4.74 Å². The zero-order valence-corrected chi connectivity index (χ0v) is 13.7. The predicted molar refractivity (Wildman–Crippen MR) is 86.4 cm³/mol. The molecular formula is C15H16N2O5S. The number of rotatable bonds is 5. The van der Waals surface area contributed by atoms with E-state index in [9.17, 15) is 18.5 Å². The summed E-state index contributed by atoms with van der Waals surface area (Å²) >= 11 is 0. The summed E-state index contributed by atoms with van der Waals surface area (Å²) in [5, 5.41) is 10.8. The molecule has 0 saturated heterocycles. The van der Waals surface area contributed by atoms with Crippen molar-refractivity contribution < 1.29 is 18.1 Å². The molecule has 8 heteroatoms. The predicted octanol–water partition coefficient (Wildman–Crippen LogP) is 3.02. The number of benzene rings is 2. The Morgan fingerprint density at radius 2 is 1.87 bits per heavy atom. The topological polar surface area (TPSA) is 98.5 Å². The summed E-state index contributed by atoms with van der Waals surface area (Å²) in [7, 11) is -2.53. The molecule has 0 saturated carbocycles. The van der Waals surface area contributed by atoms with E-state index in [0.717, 1.165) is 11.6 Å². The number of anilines is 1. The number of hydrogen-bond acceptors (Lipinski definition) is 5. The molecular weight excluding hydrogens is 320 g/mol. The lowest BCUT2D eigenvalue weighted by Gasteiger charge is -2.15. The van der Waals surface area contributed by atoms with Crippen molar-refractivity contribution in [3.8, 4) is 5.75 Å². The van der Waals surface area contributed by atoms with Gasteiger partial charge in [0.25, 0.3) is 15.7 Å². The fraction of sp³-hybridized carbons (Fsp3) is 0.200. The number of nitro benzene ring substituents is 1. The van der Waals surface area contributed by atoms with Crippen molar-refractivity contribution in [1.82, 2.24) is 0 Å². The highest BCUT2D eigenvalue weighted by Crippen LogP contribution is 2.32. The molecule has 7 nitrogen and oxygen atoms in total. The molecule has 0 atom stereocenters. The molecule has 0 bridgehead atoms. The molecule has 0 aliphatic heterocycles. The van der Waals surface area contributed by atoms with Gasteiger partial charge in [0.1, 0.15) is 5.75 Å². The molecule has 0 spiro atoms. The van der Waals surface area contributed by atoms with Crippen molar-refractivity contribution in [1.29, 1.82) is 0 Å². The van der Waals surface area contributed by atoms with Crippen LogP contribution in [0.5, 0.6) is 5.75 Å². The van der Waals surface area contributed by atoms with E-state index in [0.29, 0.717) is 17.0 Å². The van der Waals surface area contributed by atoms with Gasteiger partial charge >= 0.3 is 0 Å². The van der Waals surface area contributed by atoms with Gasteiger partial charge < -0.3 is 4.74 Å². The van der Waals surface area contributed by atoms with E-state index in [2.05, 4.69) is 4.72 Å². The maximum Gasteiger partial charge on any atom is 0.270 e. The first-order chi connectivity index (χ1) is 10.7. The van der Waals surface area contributed by atoms with Gasteiger partial charge in [-0.2, -0.15) is 0 Å². The molecule has 0 aromatic heterocycles.